The van der Waals surface area contributed by atoms with Gasteiger partial charge in [-0.3, -0.25) is 14.9 Å². The number of rotatable bonds is 6. The molecule has 0 heterocycles. The van der Waals surface area contributed by atoms with Crippen molar-refractivity contribution >= 4 is 23.1 Å². The van der Waals surface area contributed by atoms with Gasteiger partial charge in [-0.25, -0.2) is 0 Å². The third kappa shape index (κ3) is 4.37. The van der Waals surface area contributed by atoms with Crippen molar-refractivity contribution in [2.24, 2.45) is 0 Å². The highest BCUT2D eigenvalue weighted by Crippen LogP contribution is 2.14. The number of Topliss-reactive ketones (excluding diaryl/α,β-unsaturated/α-hetero) is 1. The zero-order chi connectivity index (χ0) is 15.2. The first-order valence-electron chi connectivity index (χ1n) is 6.16. The number of hydrogen-bond donors (Lipinski definition) is 0. The quantitative estimate of drug-likeness (QED) is 0.464. The third-order valence-electron chi connectivity index (χ3n) is 2.79. The molecule has 0 bridgehead atoms. The normalized spacial score (nSPS) is 10.3. The van der Waals surface area contributed by atoms with E-state index in [9.17, 15) is 14.9 Å². The molecule has 2 rings (SSSR count). The van der Waals surface area contributed by atoms with Crippen LogP contribution < -0.4 is 0 Å². The average molecular weight is 306 g/mol. The van der Waals surface area contributed by atoms with Crippen LogP contribution in [0.3, 0.4) is 0 Å². The Morgan fingerprint density at radius 1 is 1.19 bits per heavy atom. The Labute approximate surface area is 126 Å². The van der Waals surface area contributed by atoms with Crippen LogP contribution in [-0.2, 0) is 11.3 Å². The van der Waals surface area contributed by atoms with Crippen LogP contribution in [0.2, 0.25) is 5.02 Å². The van der Waals surface area contributed by atoms with Crippen LogP contribution in [0.4, 0.5) is 5.69 Å². The maximum atomic E-state index is 11.9. The minimum absolute atomic E-state index is 0.0496. The maximum absolute atomic E-state index is 11.9. The van der Waals surface area contributed by atoms with Gasteiger partial charge in [-0.1, -0.05) is 23.7 Å². The van der Waals surface area contributed by atoms with Gasteiger partial charge in [-0.2, -0.15) is 0 Å². The molecule has 0 saturated heterocycles. The summed E-state index contributed by atoms with van der Waals surface area (Å²) in [6.07, 6.45) is 0. The molecule has 0 aliphatic heterocycles. The van der Waals surface area contributed by atoms with Gasteiger partial charge < -0.3 is 4.74 Å². The fourth-order valence-corrected chi connectivity index (χ4v) is 1.95. The molecule has 0 aliphatic rings. The van der Waals surface area contributed by atoms with Crippen LogP contribution in [0, 0.1) is 10.1 Å². The molecule has 0 unspecified atom stereocenters. The fourth-order valence-electron chi connectivity index (χ4n) is 1.74. The van der Waals surface area contributed by atoms with E-state index >= 15 is 0 Å². The van der Waals surface area contributed by atoms with Crippen molar-refractivity contribution in [2.75, 3.05) is 6.61 Å². The Hall–Kier alpha value is -2.24. The number of halogens is 1. The molecule has 0 saturated carbocycles. The van der Waals surface area contributed by atoms with Gasteiger partial charge in [0.15, 0.2) is 5.78 Å². The molecular formula is C15H12ClNO4. The molecule has 0 spiro atoms. The van der Waals surface area contributed by atoms with Gasteiger partial charge >= 0.3 is 0 Å². The lowest BCUT2D eigenvalue weighted by Gasteiger charge is -2.04. The molecule has 0 N–H and O–H groups in total. The van der Waals surface area contributed by atoms with E-state index in [-0.39, 0.29) is 24.7 Å². The topological polar surface area (TPSA) is 69.4 Å². The molecular weight excluding hydrogens is 294 g/mol. The first-order chi connectivity index (χ1) is 10.1. The van der Waals surface area contributed by atoms with Crippen molar-refractivity contribution in [2.45, 2.75) is 6.61 Å². The predicted octanol–water partition coefficient (Wildman–Crippen LogP) is 3.65. The number of nitro benzene ring substituents is 1. The number of ether oxygens (including phenoxy) is 1. The molecule has 0 fully saturated rings. The largest absolute Gasteiger partial charge is 0.369 e. The van der Waals surface area contributed by atoms with Gasteiger partial charge in [-0.05, 0) is 29.8 Å². The van der Waals surface area contributed by atoms with Gasteiger partial charge in [0.05, 0.1) is 11.5 Å². The van der Waals surface area contributed by atoms with Gasteiger partial charge in [-0.15, -0.1) is 0 Å². The molecule has 0 amide bonds. The third-order valence-corrected chi connectivity index (χ3v) is 3.03. The lowest BCUT2D eigenvalue weighted by atomic mass is 10.1. The Morgan fingerprint density at radius 3 is 2.52 bits per heavy atom. The zero-order valence-corrected chi connectivity index (χ0v) is 11.7. The lowest BCUT2D eigenvalue weighted by molar-refractivity contribution is -0.384. The van der Waals surface area contributed by atoms with Crippen LogP contribution in [0.1, 0.15) is 15.9 Å². The number of nitro groups is 1. The summed E-state index contributed by atoms with van der Waals surface area (Å²) in [4.78, 5) is 21.9. The molecule has 108 valence electrons. The highest BCUT2D eigenvalue weighted by Gasteiger charge is 2.09. The Morgan fingerprint density at radius 2 is 1.90 bits per heavy atom. The van der Waals surface area contributed by atoms with Crippen molar-refractivity contribution in [1.82, 2.24) is 0 Å². The highest BCUT2D eigenvalue weighted by molar-refractivity contribution is 6.30. The molecule has 0 aromatic heterocycles. The zero-order valence-electron chi connectivity index (χ0n) is 11.0. The Balaban J connectivity index is 1.88. The molecule has 6 heteroatoms. The molecule has 0 radical (unpaired) electrons. The molecule has 21 heavy (non-hydrogen) atoms. The first-order valence-corrected chi connectivity index (χ1v) is 6.54. The van der Waals surface area contributed by atoms with Gasteiger partial charge in [0.2, 0.25) is 0 Å². The first kappa shape index (κ1) is 15.2. The maximum Gasteiger partial charge on any atom is 0.269 e. The average Bonchev–Trinajstić information content (AvgIpc) is 2.47. The number of ketones is 1. The van der Waals surface area contributed by atoms with Crippen LogP contribution in [0.25, 0.3) is 0 Å². The van der Waals surface area contributed by atoms with Crippen molar-refractivity contribution in [1.29, 1.82) is 0 Å². The summed E-state index contributed by atoms with van der Waals surface area (Å²) in [7, 11) is 0. The van der Waals surface area contributed by atoms with E-state index in [1.807, 2.05) is 6.07 Å². The standard InChI is InChI=1S/C15H12ClNO4/c16-13-3-1-2-11(8-13)9-21-10-15(18)12-4-6-14(7-5-12)17(19)20/h1-8H,9-10H2. The van der Waals surface area contributed by atoms with Gasteiger partial charge in [0, 0.05) is 22.7 Å². The number of non-ortho nitro benzene ring substituents is 1. The van der Waals surface area contributed by atoms with Crippen molar-refractivity contribution < 1.29 is 14.5 Å². The SMILES string of the molecule is O=C(COCc1cccc(Cl)c1)c1ccc([N+](=O)[O-])cc1. The van der Waals surface area contributed by atoms with E-state index in [2.05, 4.69) is 0 Å². The van der Waals surface area contributed by atoms with E-state index in [1.54, 1.807) is 18.2 Å². The molecule has 2 aromatic carbocycles. The second-order valence-electron chi connectivity index (χ2n) is 4.35. The summed E-state index contributed by atoms with van der Waals surface area (Å²) in [6.45, 7) is 0.184. The van der Waals surface area contributed by atoms with Gasteiger partial charge in [0.25, 0.3) is 5.69 Å². The number of hydrogen-bond acceptors (Lipinski definition) is 4. The predicted molar refractivity (Wildman–Crippen MR) is 78.5 cm³/mol. The van der Waals surface area contributed by atoms with Gasteiger partial charge in [0.1, 0.15) is 6.61 Å². The van der Waals surface area contributed by atoms with Crippen molar-refractivity contribution in [3.63, 3.8) is 0 Å². The van der Waals surface area contributed by atoms with Crippen LogP contribution in [-0.4, -0.2) is 17.3 Å². The Bertz CT molecular complexity index is 655. The van der Waals surface area contributed by atoms with Crippen LogP contribution in [0.15, 0.2) is 48.5 Å². The molecule has 2 aromatic rings. The van der Waals surface area contributed by atoms with E-state index in [4.69, 9.17) is 16.3 Å². The summed E-state index contributed by atoms with van der Waals surface area (Å²) in [5, 5.41) is 11.1. The second kappa shape index (κ2) is 6.97. The van der Waals surface area contributed by atoms with E-state index in [0.717, 1.165) is 5.56 Å². The number of nitrogens with zero attached hydrogens (tertiary/aromatic N) is 1. The minimum atomic E-state index is -0.510. The summed E-state index contributed by atoms with van der Waals surface area (Å²) < 4.78 is 5.33. The summed E-state index contributed by atoms with van der Waals surface area (Å²) in [6, 6.07) is 12.6. The van der Waals surface area contributed by atoms with Crippen molar-refractivity contribution in [3.05, 3.63) is 74.8 Å². The second-order valence-corrected chi connectivity index (χ2v) is 4.79. The monoisotopic (exact) mass is 305 g/mol. The fraction of sp³-hybridized carbons (Fsp3) is 0.133. The highest BCUT2D eigenvalue weighted by atomic mass is 35.5. The molecule has 5 nitrogen and oxygen atoms in total. The van der Waals surface area contributed by atoms with Crippen LogP contribution >= 0.6 is 11.6 Å². The molecule has 0 atom stereocenters. The number of carbonyl (C=O) groups excluding carboxylic acids is 1. The summed E-state index contributed by atoms with van der Waals surface area (Å²) >= 11 is 5.85. The summed E-state index contributed by atoms with van der Waals surface area (Å²) in [5.74, 6) is -0.230. The van der Waals surface area contributed by atoms with E-state index < -0.39 is 4.92 Å². The summed E-state index contributed by atoms with van der Waals surface area (Å²) in [5.41, 5.74) is 1.21. The van der Waals surface area contributed by atoms with Crippen LogP contribution in [0.5, 0.6) is 0 Å². The van der Waals surface area contributed by atoms with E-state index in [0.29, 0.717) is 10.6 Å². The Kier molecular flexibility index (Phi) is 5.03. The molecule has 0 aliphatic carbocycles. The number of benzene rings is 2. The minimum Gasteiger partial charge on any atom is -0.369 e. The van der Waals surface area contributed by atoms with Crippen molar-refractivity contribution in [3.8, 4) is 0 Å². The number of carbonyl (C=O) groups is 1. The smallest absolute Gasteiger partial charge is 0.269 e. The lowest BCUT2D eigenvalue weighted by Crippen LogP contribution is -2.09. The van der Waals surface area contributed by atoms with E-state index in [1.165, 1.54) is 24.3 Å².